The zero-order valence-corrected chi connectivity index (χ0v) is 8.25. The molecule has 0 amide bonds. The molecule has 0 atom stereocenters. The first-order valence-corrected chi connectivity index (χ1v) is 4.54. The van der Waals surface area contributed by atoms with Gasteiger partial charge in [0, 0.05) is 21.2 Å². The van der Waals surface area contributed by atoms with Crippen molar-refractivity contribution in [1.29, 1.82) is 0 Å². The van der Waals surface area contributed by atoms with Crippen LogP contribution in [-0.2, 0) is 0 Å². The minimum atomic E-state index is -0.240. The molecule has 0 unspecified atom stereocenters. The average Bonchev–Trinajstić information content (AvgIpc) is 2.05. The highest BCUT2D eigenvalue weighted by Gasteiger charge is 1.96. The molecule has 2 rings (SSSR count). The molecule has 60 valence electrons. The summed E-state index contributed by atoms with van der Waals surface area (Å²) >= 11 is 2.18. The Balaban J connectivity index is 2.79. The third-order valence-electron chi connectivity index (χ3n) is 1.61. The lowest BCUT2D eigenvalue weighted by Crippen LogP contribution is -1.81. The van der Waals surface area contributed by atoms with Gasteiger partial charge in [-0.3, -0.25) is 4.98 Å². The molecule has 12 heavy (non-hydrogen) atoms. The van der Waals surface area contributed by atoms with Gasteiger partial charge in [-0.1, -0.05) is 0 Å². The van der Waals surface area contributed by atoms with Gasteiger partial charge in [-0.25, -0.2) is 4.39 Å². The Hall–Kier alpha value is -0.710. The third-order valence-corrected chi connectivity index (χ3v) is 2.20. The Kier molecular flexibility index (Phi) is 1.96. The van der Waals surface area contributed by atoms with Crippen LogP contribution in [0, 0.1) is 9.39 Å². The first-order valence-electron chi connectivity index (χ1n) is 3.46. The topological polar surface area (TPSA) is 12.9 Å². The van der Waals surface area contributed by atoms with Crippen LogP contribution in [0.4, 0.5) is 4.39 Å². The van der Waals surface area contributed by atoms with Gasteiger partial charge in [0.25, 0.3) is 0 Å². The summed E-state index contributed by atoms with van der Waals surface area (Å²) in [6.07, 6.45) is 1.72. The molecule has 0 spiro atoms. The number of hydrogen-bond donors (Lipinski definition) is 0. The summed E-state index contributed by atoms with van der Waals surface area (Å²) in [7, 11) is 0. The fourth-order valence-corrected chi connectivity index (χ4v) is 1.54. The molecule has 3 heteroatoms. The smallest absolute Gasteiger partial charge is 0.125 e. The van der Waals surface area contributed by atoms with E-state index in [4.69, 9.17) is 0 Å². The number of aromatic nitrogens is 1. The summed E-state index contributed by atoms with van der Waals surface area (Å²) in [5.41, 5.74) is 0.704. The number of benzene rings is 1. The SMILES string of the molecule is Fc1ccc2cc(I)cnc2c1. The average molecular weight is 273 g/mol. The highest BCUT2D eigenvalue weighted by molar-refractivity contribution is 14.1. The van der Waals surface area contributed by atoms with Gasteiger partial charge < -0.3 is 0 Å². The van der Waals surface area contributed by atoms with E-state index in [-0.39, 0.29) is 5.82 Å². The van der Waals surface area contributed by atoms with Crippen LogP contribution < -0.4 is 0 Å². The van der Waals surface area contributed by atoms with Crippen LogP contribution in [0.3, 0.4) is 0 Å². The maximum atomic E-state index is 12.7. The molecule has 0 saturated carbocycles. The Labute approximate surface area is 82.8 Å². The molecule has 2 aromatic rings. The molecule has 1 aromatic heterocycles. The molecule has 0 aliphatic rings. The Morgan fingerprint density at radius 1 is 1.25 bits per heavy atom. The van der Waals surface area contributed by atoms with Gasteiger partial charge in [-0.15, -0.1) is 0 Å². The zero-order chi connectivity index (χ0) is 8.55. The van der Waals surface area contributed by atoms with Crippen LogP contribution in [-0.4, -0.2) is 4.98 Å². The molecule has 1 aromatic carbocycles. The molecular formula is C9H5FIN. The van der Waals surface area contributed by atoms with Crippen molar-refractivity contribution in [1.82, 2.24) is 4.98 Å². The van der Waals surface area contributed by atoms with Crippen LogP contribution in [0.25, 0.3) is 10.9 Å². The van der Waals surface area contributed by atoms with Crippen molar-refractivity contribution in [3.63, 3.8) is 0 Å². The van der Waals surface area contributed by atoms with E-state index in [9.17, 15) is 4.39 Å². The molecule has 0 radical (unpaired) electrons. The van der Waals surface area contributed by atoms with Crippen molar-refractivity contribution in [3.05, 3.63) is 39.8 Å². The van der Waals surface area contributed by atoms with Gasteiger partial charge in [-0.05, 0) is 40.8 Å². The first kappa shape index (κ1) is 7.91. The molecule has 0 N–H and O–H groups in total. The van der Waals surface area contributed by atoms with Crippen LogP contribution >= 0.6 is 22.6 Å². The largest absolute Gasteiger partial charge is 0.255 e. The molecular weight excluding hydrogens is 268 g/mol. The van der Waals surface area contributed by atoms with Gasteiger partial charge in [0.05, 0.1) is 5.52 Å². The summed E-state index contributed by atoms with van der Waals surface area (Å²) < 4.78 is 13.8. The first-order chi connectivity index (χ1) is 5.75. The number of rotatable bonds is 0. The summed E-state index contributed by atoms with van der Waals surface area (Å²) in [6.45, 7) is 0. The fourth-order valence-electron chi connectivity index (χ4n) is 1.07. The molecule has 1 nitrogen and oxygen atoms in total. The van der Waals surface area contributed by atoms with E-state index in [0.29, 0.717) is 5.52 Å². The molecule has 1 heterocycles. The van der Waals surface area contributed by atoms with Crippen molar-refractivity contribution in [2.24, 2.45) is 0 Å². The van der Waals surface area contributed by atoms with Gasteiger partial charge >= 0.3 is 0 Å². The lowest BCUT2D eigenvalue weighted by atomic mass is 10.2. The van der Waals surface area contributed by atoms with Gasteiger partial charge in [0.2, 0.25) is 0 Å². The van der Waals surface area contributed by atoms with Gasteiger partial charge in [0.15, 0.2) is 0 Å². The van der Waals surface area contributed by atoms with Gasteiger partial charge in [-0.2, -0.15) is 0 Å². The van der Waals surface area contributed by atoms with E-state index in [2.05, 4.69) is 27.6 Å². The van der Waals surface area contributed by atoms with Crippen LogP contribution in [0.1, 0.15) is 0 Å². The highest BCUT2D eigenvalue weighted by Crippen LogP contribution is 2.15. The number of halogens is 2. The van der Waals surface area contributed by atoms with E-state index in [1.54, 1.807) is 12.3 Å². The molecule has 0 saturated heterocycles. The monoisotopic (exact) mass is 273 g/mol. The van der Waals surface area contributed by atoms with E-state index >= 15 is 0 Å². The quantitative estimate of drug-likeness (QED) is 0.672. The minimum absolute atomic E-state index is 0.240. The molecule has 0 fully saturated rings. The summed E-state index contributed by atoms with van der Waals surface area (Å²) in [5.74, 6) is -0.240. The minimum Gasteiger partial charge on any atom is -0.255 e. The lowest BCUT2D eigenvalue weighted by Gasteiger charge is -1.96. The van der Waals surface area contributed by atoms with Gasteiger partial charge in [0.1, 0.15) is 5.82 Å². The van der Waals surface area contributed by atoms with Crippen molar-refractivity contribution in [2.45, 2.75) is 0 Å². The highest BCUT2D eigenvalue weighted by atomic mass is 127. The number of hydrogen-bond acceptors (Lipinski definition) is 1. The zero-order valence-electron chi connectivity index (χ0n) is 6.09. The van der Waals surface area contributed by atoms with E-state index in [1.807, 2.05) is 6.07 Å². The fraction of sp³-hybridized carbons (Fsp3) is 0. The molecule has 0 aliphatic carbocycles. The maximum Gasteiger partial charge on any atom is 0.125 e. The van der Waals surface area contributed by atoms with Crippen molar-refractivity contribution >= 4 is 33.5 Å². The summed E-state index contributed by atoms with van der Waals surface area (Å²) in [5, 5.41) is 0.975. The van der Waals surface area contributed by atoms with E-state index in [0.717, 1.165) is 8.96 Å². The normalized spacial score (nSPS) is 10.5. The van der Waals surface area contributed by atoms with Crippen molar-refractivity contribution in [2.75, 3.05) is 0 Å². The predicted octanol–water partition coefficient (Wildman–Crippen LogP) is 2.98. The molecule has 0 aliphatic heterocycles. The predicted molar refractivity (Wildman–Crippen MR) is 54.4 cm³/mol. The van der Waals surface area contributed by atoms with Crippen molar-refractivity contribution < 1.29 is 4.39 Å². The number of nitrogens with zero attached hydrogens (tertiary/aromatic N) is 1. The second kappa shape index (κ2) is 2.97. The van der Waals surface area contributed by atoms with E-state index in [1.165, 1.54) is 12.1 Å². The van der Waals surface area contributed by atoms with E-state index < -0.39 is 0 Å². The Morgan fingerprint density at radius 3 is 2.92 bits per heavy atom. The second-order valence-electron chi connectivity index (χ2n) is 2.49. The third kappa shape index (κ3) is 1.41. The maximum absolute atomic E-state index is 12.7. The summed E-state index contributed by atoms with van der Waals surface area (Å²) in [4.78, 5) is 4.09. The molecule has 0 bridgehead atoms. The van der Waals surface area contributed by atoms with Crippen LogP contribution in [0.15, 0.2) is 30.5 Å². The van der Waals surface area contributed by atoms with Crippen LogP contribution in [0.2, 0.25) is 0 Å². The standard InChI is InChI=1S/C9H5FIN/c10-7-2-1-6-3-8(11)5-12-9(6)4-7/h1-5H. The lowest BCUT2D eigenvalue weighted by molar-refractivity contribution is 0.629. The summed E-state index contributed by atoms with van der Waals surface area (Å²) in [6, 6.07) is 6.59. The Bertz CT molecular complexity index is 387. The Morgan fingerprint density at radius 2 is 2.08 bits per heavy atom. The number of fused-ring (bicyclic) bond motifs is 1. The second-order valence-corrected chi connectivity index (χ2v) is 3.74. The van der Waals surface area contributed by atoms with Crippen LogP contribution in [0.5, 0.6) is 0 Å². The van der Waals surface area contributed by atoms with Crippen molar-refractivity contribution in [3.8, 4) is 0 Å². The number of pyridine rings is 1.